The molecule has 1 saturated carbocycles. The smallest absolute Gasteiger partial charge is 0.132 e. The van der Waals surface area contributed by atoms with Gasteiger partial charge in [-0.15, -0.1) is 0 Å². The average molecular weight is 291 g/mol. The second-order valence-corrected chi connectivity index (χ2v) is 4.91. The summed E-state index contributed by atoms with van der Waals surface area (Å²) in [7, 11) is 0. The van der Waals surface area contributed by atoms with E-state index in [9.17, 15) is 4.39 Å². The molecule has 0 spiro atoms. The molecule has 1 unspecified atom stereocenters. The van der Waals surface area contributed by atoms with Crippen molar-refractivity contribution in [1.82, 2.24) is 9.71 Å². The zero-order valence-electron chi connectivity index (χ0n) is 8.08. The summed E-state index contributed by atoms with van der Waals surface area (Å²) in [6, 6.07) is 5.07. The van der Waals surface area contributed by atoms with Crippen molar-refractivity contribution in [2.75, 3.05) is 0 Å². The van der Waals surface area contributed by atoms with Crippen molar-refractivity contribution in [2.24, 2.45) is 0 Å². The number of alkyl halides is 1. The van der Waals surface area contributed by atoms with Crippen LogP contribution in [-0.4, -0.2) is 10.7 Å². The largest absolute Gasteiger partial charge is 0.254 e. The fourth-order valence-electron chi connectivity index (χ4n) is 1.83. The number of halogens is 2. The van der Waals surface area contributed by atoms with Gasteiger partial charge < -0.3 is 0 Å². The number of nitrogens with zero attached hydrogens (tertiary/aromatic N) is 1. The molecule has 1 atom stereocenters. The molecule has 0 bridgehead atoms. The first kappa shape index (κ1) is 11.4. The van der Waals surface area contributed by atoms with Gasteiger partial charge in [0.25, 0.3) is 0 Å². The van der Waals surface area contributed by atoms with Crippen LogP contribution in [0.5, 0.6) is 0 Å². The Morgan fingerprint density at radius 3 is 2.73 bits per heavy atom. The number of hydrogen-bond acceptors (Lipinski definition) is 3. The van der Waals surface area contributed by atoms with Crippen molar-refractivity contribution in [1.29, 1.82) is 0 Å². The van der Waals surface area contributed by atoms with Crippen molar-refractivity contribution in [2.45, 2.75) is 31.0 Å². The fraction of sp³-hybridized carbons (Fsp3) is 0.500. The van der Waals surface area contributed by atoms with Crippen molar-refractivity contribution in [3.8, 4) is 0 Å². The number of thiol groups is 1. The summed E-state index contributed by atoms with van der Waals surface area (Å²) in [4.78, 5) is 4.26. The lowest BCUT2D eigenvalue weighted by Crippen LogP contribution is -2.43. The number of rotatable bonds is 3. The molecule has 1 aliphatic rings. The van der Waals surface area contributed by atoms with Crippen LogP contribution in [0.25, 0.3) is 0 Å². The van der Waals surface area contributed by atoms with E-state index in [1.807, 2.05) is 18.2 Å². The van der Waals surface area contributed by atoms with Gasteiger partial charge in [0.05, 0.1) is 11.7 Å². The Morgan fingerprint density at radius 2 is 2.27 bits per heavy atom. The first-order chi connectivity index (χ1) is 7.15. The second-order valence-electron chi connectivity index (χ2n) is 3.84. The lowest BCUT2D eigenvalue weighted by Gasteiger charge is -2.39. The van der Waals surface area contributed by atoms with E-state index in [2.05, 4.69) is 38.5 Å². The van der Waals surface area contributed by atoms with Crippen LogP contribution in [0, 0.1) is 0 Å². The minimum Gasteiger partial charge on any atom is -0.254 e. The van der Waals surface area contributed by atoms with Gasteiger partial charge in [-0.1, -0.05) is 18.9 Å². The molecule has 2 rings (SSSR count). The van der Waals surface area contributed by atoms with Gasteiger partial charge in [-0.05, 0) is 47.3 Å². The molecule has 0 amide bonds. The van der Waals surface area contributed by atoms with Crippen LogP contribution in [0.15, 0.2) is 22.8 Å². The van der Waals surface area contributed by atoms with Crippen LogP contribution >= 0.6 is 28.7 Å². The number of hydrogen-bond donors (Lipinski definition) is 2. The van der Waals surface area contributed by atoms with E-state index in [4.69, 9.17) is 0 Å². The summed E-state index contributed by atoms with van der Waals surface area (Å²) < 4.78 is 17.7. The molecule has 1 N–H and O–H groups in total. The van der Waals surface area contributed by atoms with Gasteiger partial charge in [0, 0.05) is 0 Å². The van der Waals surface area contributed by atoms with Gasteiger partial charge in [-0.25, -0.2) is 9.37 Å². The molecule has 0 radical (unpaired) electrons. The highest BCUT2D eigenvalue weighted by molar-refractivity contribution is 9.10. The van der Waals surface area contributed by atoms with Gasteiger partial charge in [-0.3, -0.25) is 4.72 Å². The van der Waals surface area contributed by atoms with Gasteiger partial charge in [0.2, 0.25) is 0 Å². The van der Waals surface area contributed by atoms with Crippen LogP contribution < -0.4 is 4.72 Å². The highest BCUT2D eigenvalue weighted by Crippen LogP contribution is 2.45. The Morgan fingerprint density at radius 1 is 1.53 bits per heavy atom. The summed E-state index contributed by atoms with van der Waals surface area (Å²) in [5, 5.41) is 0. The zero-order chi connectivity index (χ0) is 10.9. The minimum absolute atomic E-state index is 0.424. The zero-order valence-corrected chi connectivity index (χ0v) is 10.6. The molecule has 0 aromatic carbocycles. The monoisotopic (exact) mass is 290 g/mol. The number of pyridine rings is 1. The van der Waals surface area contributed by atoms with Gasteiger partial charge >= 0.3 is 0 Å². The van der Waals surface area contributed by atoms with Gasteiger partial charge in [0.1, 0.15) is 10.3 Å². The Hall–Kier alpha value is -0.130. The number of nitrogens with one attached hydrogen (secondary N) is 1. The highest BCUT2D eigenvalue weighted by Gasteiger charge is 2.45. The second kappa shape index (κ2) is 4.39. The van der Waals surface area contributed by atoms with Crippen LogP contribution in [0.2, 0.25) is 0 Å². The third-order valence-electron chi connectivity index (χ3n) is 2.86. The normalized spacial score (nSPS) is 20.7. The SMILES string of the molecule is FC1(C(NS)c2cccc(Br)n2)CCC1. The molecule has 1 heterocycles. The standard InChI is InChI=1S/C10H12BrFN2S/c11-8-4-1-3-7(13-8)9(14-15)10(12)5-2-6-10/h1,3-4,9,14-15H,2,5-6H2. The molecular weight excluding hydrogens is 279 g/mol. The van der Waals surface area contributed by atoms with Gasteiger partial charge in [0.15, 0.2) is 0 Å². The molecule has 2 nitrogen and oxygen atoms in total. The number of aromatic nitrogens is 1. The highest BCUT2D eigenvalue weighted by atomic mass is 79.9. The summed E-state index contributed by atoms with van der Waals surface area (Å²) in [6.07, 6.45) is 2.11. The first-order valence-corrected chi connectivity index (χ1v) is 6.11. The molecule has 1 aromatic heterocycles. The summed E-state index contributed by atoms with van der Waals surface area (Å²) in [5.74, 6) is 0. The van der Waals surface area contributed by atoms with E-state index < -0.39 is 11.7 Å². The van der Waals surface area contributed by atoms with Crippen LogP contribution in [-0.2, 0) is 0 Å². The van der Waals surface area contributed by atoms with E-state index in [0.29, 0.717) is 18.5 Å². The molecule has 1 aliphatic carbocycles. The molecule has 82 valence electrons. The summed E-state index contributed by atoms with van der Waals surface area (Å²) >= 11 is 7.28. The predicted molar refractivity (Wildman–Crippen MR) is 64.5 cm³/mol. The van der Waals surface area contributed by atoms with Crippen LogP contribution in [0.4, 0.5) is 4.39 Å². The third kappa shape index (κ3) is 2.19. The maximum atomic E-state index is 14.2. The first-order valence-electron chi connectivity index (χ1n) is 4.87. The van der Waals surface area contributed by atoms with E-state index in [1.54, 1.807) is 0 Å². The summed E-state index contributed by atoms with van der Waals surface area (Å²) in [5.41, 5.74) is -0.489. The molecule has 1 aromatic rings. The molecule has 15 heavy (non-hydrogen) atoms. The maximum absolute atomic E-state index is 14.2. The van der Waals surface area contributed by atoms with Gasteiger partial charge in [-0.2, -0.15) is 0 Å². The van der Waals surface area contributed by atoms with Crippen molar-refractivity contribution in [3.63, 3.8) is 0 Å². The summed E-state index contributed by atoms with van der Waals surface area (Å²) in [6.45, 7) is 0. The Balaban J connectivity index is 2.26. The van der Waals surface area contributed by atoms with E-state index in [-0.39, 0.29) is 0 Å². The Bertz CT molecular complexity index is 357. The third-order valence-corrected chi connectivity index (χ3v) is 3.56. The molecule has 5 heteroatoms. The Kier molecular flexibility index (Phi) is 3.33. The van der Waals surface area contributed by atoms with Crippen LogP contribution in [0.3, 0.4) is 0 Å². The maximum Gasteiger partial charge on any atom is 0.132 e. The predicted octanol–water partition coefficient (Wildman–Crippen LogP) is 3.21. The molecule has 1 fully saturated rings. The molecule has 0 saturated heterocycles. The van der Waals surface area contributed by atoms with Crippen molar-refractivity contribution < 1.29 is 4.39 Å². The van der Waals surface area contributed by atoms with Crippen molar-refractivity contribution in [3.05, 3.63) is 28.5 Å². The van der Waals surface area contributed by atoms with E-state index in [1.165, 1.54) is 0 Å². The van der Waals surface area contributed by atoms with Crippen LogP contribution in [0.1, 0.15) is 31.0 Å². The Labute approximate surface area is 102 Å². The van der Waals surface area contributed by atoms with E-state index >= 15 is 0 Å². The molecule has 0 aliphatic heterocycles. The lowest BCUT2D eigenvalue weighted by atomic mass is 9.75. The molecular formula is C10H12BrFN2S. The fourth-order valence-corrected chi connectivity index (χ4v) is 2.56. The van der Waals surface area contributed by atoms with Crippen molar-refractivity contribution >= 4 is 28.7 Å². The quantitative estimate of drug-likeness (QED) is 0.660. The average Bonchev–Trinajstić information content (AvgIpc) is 2.16. The lowest BCUT2D eigenvalue weighted by molar-refractivity contribution is 0.0276. The topological polar surface area (TPSA) is 24.9 Å². The minimum atomic E-state index is -1.18. The van der Waals surface area contributed by atoms with E-state index in [0.717, 1.165) is 11.0 Å².